The quantitative estimate of drug-likeness (QED) is 0.290. The fourth-order valence-electron chi connectivity index (χ4n) is 3.11. The zero-order valence-corrected chi connectivity index (χ0v) is 15.3. The van der Waals surface area contributed by atoms with Crippen LogP contribution in [0.25, 0.3) is 22.4 Å². The second-order valence-electron chi connectivity index (χ2n) is 6.02. The predicted molar refractivity (Wildman–Crippen MR) is 101 cm³/mol. The molecule has 0 saturated carbocycles. The molecule has 0 fully saturated rings. The largest absolute Gasteiger partial charge is 0.426 e. The molecule has 1 aromatic heterocycles. The molecule has 0 saturated heterocycles. The van der Waals surface area contributed by atoms with E-state index in [0.29, 0.717) is 23.4 Å². The zero-order chi connectivity index (χ0) is 19.6. The summed E-state index contributed by atoms with van der Waals surface area (Å²) in [6.07, 6.45) is 0. The minimum atomic E-state index is -0.421. The van der Waals surface area contributed by atoms with E-state index in [1.165, 1.54) is 19.1 Å². The van der Waals surface area contributed by atoms with Crippen LogP contribution >= 0.6 is 0 Å². The number of hydrogen-bond donors (Lipinski definition) is 0. The van der Waals surface area contributed by atoms with Crippen molar-refractivity contribution in [3.05, 3.63) is 64.3 Å². The predicted octanol–water partition coefficient (Wildman–Crippen LogP) is 4.38. The number of aromatic nitrogens is 2. The van der Waals surface area contributed by atoms with Gasteiger partial charge >= 0.3 is 5.97 Å². The van der Waals surface area contributed by atoms with E-state index in [1.807, 2.05) is 32.0 Å². The molecule has 0 aliphatic heterocycles. The summed E-state index contributed by atoms with van der Waals surface area (Å²) < 4.78 is 7.17. The molecule has 0 aliphatic carbocycles. The molecule has 0 aliphatic rings. The first-order valence-electron chi connectivity index (χ1n) is 8.52. The van der Waals surface area contributed by atoms with Crippen LogP contribution in [0.15, 0.2) is 48.5 Å². The van der Waals surface area contributed by atoms with Crippen LogP contribution in [-0.2, 0) is 11.3 Å². The summed E-state index contributed by atoms with van der Waals surface area (Å²) in [6.45, 7) is 5.76. The van der Waals surface area contributed by atoms with E-state index >= 15 is 0 Å². The van der Waals surface area contributed by atoms with Gasteiger partial charge < -0.3 is 4.74 Å². The first-order valence-corrected chi connectivity index (χ1v) is 8.52. The van der Waals surface area contributed by atoms with Gasteiger partial charge in [0.15, 0.2) is 0 Å². The number of nitrogens with zero attached hydrogens (tertiary/aromatic N) is 3. The van der Waals surface area contributed by atoms with Crippen LogP contribution in [0.5, 0.6) is 5.75 Å². The van der Waals surface area contributed by atoms with Crippen molar-refractivity contribution in [1.29, 1.82) is 0 Å². The molecule has 1 heterocycles. The lowest BCUT2D eigenvalue weighted by Crippen LogP contribution is -2.03. The minimum Gasteiger partial charge on any atom is -0.426 e. The van der Waals surface area contributed by atoms with Crippen molar-refractivity contribution in [3.8, 4) is 28.1 Å². The molecule has 27 heavy (non-hydrogen) atoms. The SMILES string of the molecule is CCn1nc(C)c(-c2ccccc2OC(C)=O)c1-c1cccc([N+](=O)[O-])c1. The number of benzene rings is 2. The van der Waals surface area contributed by atoms with Crippen LogP contribution in [0.2, 0.25) is 0 Å². The Hall–Kier alpha value is -3.48. The first kappa shape index (κ1) is 18.3. The molecule has 2 aromatic carbocycles. The van der Waals surface area contributed by atoms with Crippen LogP contribution in [0, 0.1) is 17.0 Å². The fraction of sp³-hybridized carbons (Fsp3) is 0.200. The highest BCUT2D eigenvalue weighted by atomic mass is 16.6. The molecular formula is C20H19N3O4. The maximum atomic E-state index is 11.5. The van der Waals surface area contributed by atoms with Gasteiger partial charge in [0.25, 0.3) is 5.69 Å². The lowest BCUT2D eigenvalue weighted by atomic mass is 9.98. The van der Waals surface area contributed by atoms with Gasteiger partial charge in [0.05, 0.1) is 16.3 Å². The van der Waals surface area contributed by atoms with Gasteiger partial charge in [-0.1, -0.05) is 30.3 Å². The van der Waals surface area contributed by atoms with Gasteiger partial charge in [0.2, 0.25) is 0 Å². The van der Waals surface area contributed by atoms with Crippen molar-refractivity contribution in [3.63, 3.8) is 0 Å². The second kappa shape index (κ2) is 7.41. The summed E-state index contributed by atoms with van der Waals surface area (Å²) in [5, 5.41) is 15.8. The number of rotatable bonds is 5. The van der Waals surface area contributed by atoms with E-state index in [2.05, 4.69) is 5.10 Å². The van der Waals surface area contributed by atoms with Gasteiger partial charge in [0.1, 0.15) is 5.75 Å². The number of carbonyl (C=O) groups excluding carboxylic acids is 1. The molecule has 0 unspecified atom stereocenters. The summed E-state index contributed by atoms with van der Waals surface area (Å²) in [7, 11) is 0. The molecule has 3 rings (SSSR count). The van der Waals surface area contributed by atoms with Gasteiger partial charge in [-0.05, 0) is 19.9 Å². The number of para-hydroxylation sites is 1. The van der Waals surface area contributed by atoms with Gasteiger partial charge in [-0.2, -0.15) is 5.10 Å². The number of nitro groups is 1. The molecule has 0 bridgehead atoms. The smallest absolute Gasteiger partial charge is 0.308 e. The average molecular weight is 365 g/mol. The van der Waals surface area contributed by atoms with Crippen molar-refractivity contribution in [2.24, 2.45) is 0 Å². The Morgan fingerprint density at radius 3 is 2.63 bits per heavy atom. The second-order valence-corrected chi connectivity index (χ2v) is 6.02. The van der Waals surface area contributed by atoms with Crippen LogP contribution in [0.1, 0.15) is 19.5 Å². The van der Waals surface area contributed by atoms with Gasteiger partial charge in [-0.25, -0.2) is 0 Å². The summed E-state index contributed by atoms with van der Waals surface area (Å²) in [5.74, 6) is 0.00955. The molecule has 138 valence electrons. The summed E-state index contributed by atoms with van der Waals surface area (Å²) in [4.78, 5) is 22.3. The average Bonchev–Trinajstić information content (AvgIpc) is 2.98. The Morgan fingerprint density at radius 2 is 1.96 bits per heavy atom. The van der Waals surface area contributed by atoms with E-state index in [-0.39, 0.29) is 5.69 Å². The third-order valence-corrected chi connectivity index (χ3v) is 4.17. The highest BCUT2D eigenvalue weighted by Gasteiger charge is 2.22. The molecule has 0 N–H and O–H groups in total. The van der Waals surface area contributed by atoms with E-state index in [0.717, 1.165) is 17.0 Å². The number of esters is 1. The molecular weight excluding hydrogens is 346 g/mol. The van der Waals surface area contributed by atoms with Crippen LogP contribution in [0.3, 0.4) is 0 Å². The van der Waals surface area contributed by atoms with Crippen molar-refractivity contribution in [2.45, 2.75) is 27.3 Å². The normalized spacial score (nSPS) is 10.6. The Kier molecular flexibility index (Phi) is 5.03. The lowest BCUT2D eigenvalue weighted by Gasteiger charge is -2.12. The van der Waals surface area contributed by atoms with Crippen LogP contribution in [0.4, 0.5) is 5.69 Å². The summed E-state index contributed by atoms with van der Waals surface area (Å²) in [5.41, 5.74) is 3.68. The molecule has 3 aromatic rings. The summed E-state index contributed by atoms with van der Waals surface area (Å²) >= 11 is 0. The van der Waals surface area contributed by atoms with Crippen molar-refractivity contribution in [1.82, 2.24) is 9.78 Å². The molecule has 0 atom stereocenters. The number of nitro benzene ring substituents is 1. The molecule has 0 amide bonds. The Bertz CT molecular complexity index is 1020. The number of hydrogen-bond acceptors (Lipinski definition) is 5. The van der Waals surface area contributed by atoms with E-state index in [9.17, 15) is 14.9 Å². The monoisotopic (exact) mass is 365 g/mol. The summed E-state index contributed by atoms with van der Waals surface area (Å²) in [6, 6.07) is 13.7. The third-order valence-electron chi connectivity index (χ3n) is 4.17. The molecule has 7 nitrogen and oxygen atoms in total. The number of non-ortho nitro benzene ring substituents is 1. The molecule has 0 spiro atoms. The van der Waals surface area contributed by atoms with Gasteiger partial charge in [0, 0.05) is 42.3 Å². The highest BCUT2D eigenvalue weighted by molar-refractivity contribution is 5.87. The number of carbonyl (C=O) groups is 1. The lowest BCUT2D eigenvalue weighted by molar-refractivity contribution is -0.384. The number of aryl methyl sites for hydroxylation is 2. The van der Waals surface area contributed by atoms with E-state index in [1.54, 1.807) is 22.9 Å². The van der Waals surface area contributed by atoms with Gasteiger partial charge in [-0.3, -0.25) is 19.6 Å². The van der Waals surface area contributed by atoms with Gasteiger partial charge in [-0.15, -0.1) is 0 Å². The Morgan fingerprint density at radius 1 is 1.22 bits per heavy atom. The molecule has 0 radical (unpaired) electrons. The topological polar surface area (TPSA) is 87.3 Å². The van der Waals surface area contributed by atoms with Crippen molar-refractivity contribution >= 4 is 11.7 Å². The maximum absolute atomic E-state index is 11.5. The number of ether oxygens (including phenoxy) is 1. The maximum Gasteiger partial charge on any atom is 0.308 e. The van der Waals surface area contributed by atoms with Crippen molar-refractivity contribution < 1.29 is 14.5 Å². The Balaban J connectivity index is 2.28. The van der Waals surface area contributed by atoms with Crippen LogP contribution in [-0.4, -0.2) is 20.7 Å². The zero-order valence-electron chi connectivity index (χ0n) is 15.3. The first-order chi connectivity index (χ1) is 12.9. The minimum absolute atomic E-state index is 0.00762. The third kappa shape index (κ3) is 3.57. The standard InChI is InChI=1S/C20H19N3O4/c1-4-22-20(15-8-7-9-16(12-15)23(25)26)19(13(2)21-22)17-10-5-6-11-18(17)27-14(3)24/h5-12H,4H2,1-3H3. The van der Waals surface area contributed by atoms with E-state index < -0.39 is 10.9 Å². The fourth-order valence-corrected chi connectivity index (χ4v) is 3.11. The molecule has 7 heteroatoms. The van der Waals surface area contributed by atoms with Crippen LogP contribution < -0.4 is 4.74 Å². The Labute approximate surface area is 156 Å². The highest BCUT2D eigenvalue weighted by Crippen LogP contribution is 2.40. The van der Waals surface area contributed by atoms with E-state index in [4.69, 9.17) is 4.74 Å². The van der Waals surface area contributed by atoms with Crippen molar-refractivity contribution in [2.75, 3.05) is 0 Å².